The van der Waals surface area contributed by atoms with Gasteiger partial charge in [0, 0.05) is 0 Å². The Hall–Kier alpha value is -1.57. The quantitative estimate of drug-likeness (QED) is 0.806. The summed E-state index contributed by atoms with van der Waals surface area (Å²) in [5.41, 5.74) is 1.27. The van der Waals surface area contributed by atoms with Crippen molar-refractivity contribution in [2.75, 3.05) is 0 Å². The second-order valence-corrected chi connectivity index (χ2v) is 4.66. The highest BCUT2D eigenvalue weighted by molar-refractivity contribution is 5.71. The molecule has 0 aliphatic heterocycles. The molecule has 0 heterocycles. The van der Waals surface area contributed by atoms with Gasteiger partial charge in [-0.2, -0.15) is 0 Å². The molecule has 2 atom stereocenters. The van der Waals surface area contributed by atoms with Crippen LogP contribution in [-0.2, 0) is 11.2 Å². The van der Waals surface area contributed by atoms with Crippen LogP contribution in [-0.4, -0.2) is 11.1 Å². The Morgan fingerprint density at radius 2 is 2.06 bits per heavy atom. The first-order chi connectivity index (χ1) is 8.27. The second kappa shape index (κ2) is 5.67. The van der Waals surface area contributed by atoms with Crippen LogP contribution < -0.4 is 0 Å². The molecule has 1 aromatic carbocycles. The fraction of sp³-hybridized carbons (Fsp3) is 0.400. The summed E-state index contributed by atoms with van der Waals surface area (Å²) in [4.78, 5) is 11.0. The summed E-state index contributed by atoms with van der Waals surface area (Å²) in [7, 11) is 0. The Morgan fingerprint density at radius 3 is 2.76 bits per heavy atom. The third kappa shape index (κ3) is 3.19. The van der Waals surface area contributed by atoms with Gasteiger partial charge in [-0.3, -0.25) is 4.79 Å². The number of allylic oxidation sites excluding steroid dienone is 2. The highest BCUT2D eigenvalue weighted by Gasteiger charge is 2.30. The fourth-order valence-electron chi connectivity index (χ4n) is 2.52. The van der Waals surface area contributed by atoms with Gasteiger partial charge in [0.05, 0.1) is 5.92 Å². The van der Waals surface area contributed by atoms with Crippen LogP contribution >= 0.6 is 0 Å². The van der Waals surface area contributed by atoms with E-state index in [4.69, 9.17) is 5.11 Å². The average Bonchev–Trinajstić information content (AvgIpc) is 2.79. The van der Waals surface area contributed by atoms with Crippen LogP contribution in [0.2, 0.25) is 0 Å². The zero-order chi connectivity index (χ0) is 12.1. The smallest absolute Gasteiger partial charge is 0.307 e. The largest absolute Gasteiger partial charge is 0.481 e. The molecule has 90 valence electrons. The number of hydrogen-bond donors (Lipinski definition) is 1. The van der Waals surface area contributed by atoms with Gasteiger partial charge in [0.25, 0.3) is 0 Å². The highest BCUT2D eigenvalue weighted by atomic mass is 16.4. The van der Waals surface area contributed by atoms with Crippen LogP contribution in [0.5, 0.6) is 0 Å². The Kier molecular flexibility index (Phi) is 3.97. The van der Waals surface area contributed by atoms with Crippen LogP contribution in [0, 0.1) is 11.8 Å². The summed E-state index contributed by atoms with van der Waals surface area (Å²) in [6.45, 7) is 0. The molecular formula is C15H18O2. The van der Waals surface area contributed by atoms with Gasteiger partial charge >= 0.3 is 5.97 Å². The van der Waals surface area contributed by atoms with Gasteiger partial charge in [-0.15, -0.1) is 0 Å². The molecule has 0 bridgehead atoms. The van der Waals surface area contributed by atoms with Gasteiger partial charge in [0.2, 0.25) is 0 Å². The summed E-state index contributed by atoms with van der Waals surface area (Å²) in [6.07, 6.45) is 7.99. The monoisotopic (exact) mass is 230 g/mol. The van der Waals surface area contributed by atoms with Crippen LogP contribution in [0.15, 0.2) is 42.5 Å². The molecule has 1 fully saturated rings. The highest BCUT2D eigenvalue weighted by Crippen LogP contribution is 2.32. The molecular weight excluding hydrogens is 212 g/mol. The van der Waals surface area contributed by atoms with Crippen molar-refractivity contribution in [1.29, 1.82) is 0 Å². The second-order valence-electron chi connectivity index (χ2n) is 4.66. The van der Waals surface area contributed by atoms with E-state index in [2.05, 4.69) is 24.3 Å². The molecule has 0 spiro atoms. The van der Waals surface area contributed by atoms with E-state index in [0.29, 0.717) is 0 Å². The van der Waals surface area contributed by atoms with E-state index in [1.807, 2.05) is 18.2 Å². The summed E-state index contributed by atoms with van der Waals surface area (Å²) >= 11 is 0. The lowest BCUT2D eigenvalue weighted by molar-refractivity contribution is -0.142. The molecule has 2 rings (SSSR count). The molecule has 1 saturated carbocycles. The van der Waals surface area contributed by atoms with E-state index in [1.165, 1.54) is 5.56 Å². The van der Waals surface area contributed by atoms with Crippen molar-refractivity contribution in [2.24, 2.45) is 11.8 Å². The van der Waals surface area contributed by atoms with E-state index in [9.17, 15) is 4.79 Å². The minimum atomic E-state index is -0.642. The first kappa shape index (κ1) is 11.9. The molecule has 2 unspecified atom stereocenters. The maximum atomic E-state index is 11.0. The van der Waals surface area contributed by atoms with Crippen molar-refractivity contribution in [1.82, 2.24) is 0 Å². The molecule has 2 heteroatoms. The van der Waals surface area contributed by atoms with E-state index in [1.54, 1.807) is 0 Å². The lowest BCUT2D eigenvalue weighted by Gasteiger charge is -2.10. The maximum Gasteiger partial charge on any atom is 0.307 e. The number of hydrogen-bond acceptors (Lipinski definition) is 1. The van der Waals surface area contributed by atoms with Gasteiger partial charge in [-0.1, -0.05) is 48.9 Å². The molecule has 1 N–H and O–H groups in total. The first-order valence-electron chi connectivity index (χ1n) is 6.21. The molecule has 1 aliphatic carbocycles. The molecule has 1 aliphatic rings. The summed E-state index contributed by atoms with van der Waals surface area (Å²) < 4.78 is 0. The lowest BCUT2D eigenvalue weighted by atomic mass is 9.95. The summed E-state index contributed by atoms with van der Waals surface area (Å²) in [5.74, 6) is -0.574. The van der Waals surface area contributed by atoms with Gasteiger partial charge in [0.15, 0.2) is 0 Å². The van der Waals surface area contributed by atoms with Crippen LogP contribution in [0.1, 0.15) is 24.8 Å². The van der Waals surface area contributed by atoms with Crippen molar-refractivity contribution in [3.05, 3.63) is 48.0 Å². The molecule has 17 heavy (non-hydrogen) atoms. The topological polar surface area (TPSA) is 37.3 Å². The normalized spacial score (nSPS) is 24.2. The third-order valence-electron chi connectivity index (χ3n) is 3.47. The molecule has 2 nitrogen and oxygen atoms in total. The lowest BCUT2D eigenvalue weighted by Crippen LogP contribution is -2.16. The molecule has 0 saturated heterocycles. The molecule has 1 aromatic rings. The van der Waals surface area contributed by atoms with E-state index in [0.717, 1.165) is 25.7 Å². The number of rotatable bonds is 4. The van der Waals surface area contributed by atoms with Crippen LogP contribution in [0.25, 0.3) is 0 Å². The van der Waals surface area contributed by atoms with E-state index < -0.39 is 5.97 Å². The molecule has 0 amide bonds. The zero-order valence-corrected chi connectivity index (χ0v) is 9.88. The summed E-state index contributed by atoms with van der Waals surface area (Å²) in [5, 5.41) is 9.07. The van der Waals surface area contributed by atoms with E-state index >= 15 is 0 Å². The van der Waals surface area contributed by atoms with Gasteiger partial charge in [-0.05, 0) is 30.7 Å². The van der Waals surface area contributed by atoms with E-state index in [-0.39, 0.29) is 11.8 Å². The maximum absolute atomic E-state index is 11.0. The zero-order valence-electron chi connectivity index (χ0n) is 9.88. The Labute approximate surface area is 102 Å². The number of aliphatic carboxylic acids is 1. The number of carbonyl (C=O) groups is 1. The predicted octanol–water partition coefficient (Wildman–Crippen LogP) is 3.29. The number of carboxylic acid groups (broad SMARTS) is 1. The Morgan fingerprint density at radius 1 is 1.29 bits per heavy atom. The van der Waals surface area contributed by atoms with Gasteiger partial charge in [0.1, 0.15) is 0 Å². The molecule has 0 radical (unpaired) electrons. The summed E-state index contributed by atoms with van der Waals surface area (Å²) in [6, 6.07) is 10.2. The van der Waals surface area contributed by atoms with Crippen molar-refractivity contribution in [2.45, 2.75) is 25.7 Å². The van der Waals surface area contributed by atoms with Gasteiger partial charge in [-0.25, -0.2) is 0 Å². The van der Waals surface area contributed by atoms with Crippen LogP contribution in [0.3, 0.4) is 0 Å². The van der Waals surface area contributed by atoms with Crippen molar-refractivity contribution >= 4 is 5.97 Å². The first-order valence-corrected chi connectivity index (χ1v) is 6.21. The fourth-order valence-corrected chi connectivity index (χ4v) is 2.52. The average molecular weight is 230 g/mol. The van der Waals surface area contributed by atoms with Gasteiger partial charge < -0.3 is 5.11 Å². The third-order valence-corrected chi connectivity index (χ3v) is 3.47. The minimum absolute atomic E-state index is 0.165. The number of carboxylic acids is 1. The Balaban J connectivity index is 1.90. The predicted molar refractivity (Wildman–Crippen MR) is 67.8 cm³/mol. The van der Waals surface area contributed by atoms with Crippen molar-refractivity contribution < 1.29 is 9.90 Å². The van der Waals surface area contributed by atoms with Crippen molar-refractivity contribution in [3.8, 4) is 0 Å². The molecule has 0 aromatic heterocycles. The minimum Gasteiger partial charge on any atom is -0.481 e. The Bertz CT molecular complexity index is 395. The van der Waals surface area contributed by atoms with Crippen LogP contribution in [0.4, 0.5) is 0 Å². The SMILES string of the molecule is O=C(O)C1CCCC1C=CCc1ccccc1. The number of benzene rings is 1. The standard InChI is InChI=1S/C15H18O2/c16-15(17)14-11-5-10-13(14)9-4-8-12-6-2-1-3-7-12/h1-4,6-7,9,13-14H,5,8,10-11H2,(H,16,17). The van der Waals surface area contributed by atoms with Crippen molar-refractivity contribution in [3.63, 3.8) is 0 Å².